The molecule has 0 amide bonds. The summed E-state index contributed by atoms with van der Waals surface area (Å²) >= 11 is 1.89. The van der Waals surface area contributed by atoms with E-state index in [2.05, 4.69) is 35.2 Å². The zero-order chi connectivity index (χ0) is 12.0. The summed E-state index contributed by atoms with van der Waals surface area (Å²) in [6.45, 7) is 12.2. The van der Waals surface area contributed by atoms with Gasteiger partial charge in [-0.25, -0.2) is 0 Å². The third kappa shape index (κ3) is 4.24. The Morgan fingerprint density at radius 1 is 1.19 bits per heavy atom. The summed E-state index contributed by atoms with van der Waals surface area (Å²) in [6, 6.07) is 2.31. The lowest BCUT2D eigenvalue weighted by molar-refractivity contribution is 0.149. The van der Waals surface area contributed by atoms with Crippen molar-refractivity contribution in [3.8, 4) is 0 Å². The van der Waals surface area contributed by atoms with Gasteiger partial charge in [0.05, 0.1) is 0 Å². The number of hydrogen-bond donors (Lipinski definition) is 0. The Hall–Kier alpha value is -0.380. The van der Waals surface area contributed by atoms with E-state index in [0.29, 0.717) is 0 Å². The van der Waals surface area contributed by atoms with Gasteiger partial charge in [0.15, 0.2) is 0 Å². The Kier molecular flexibility index (Phi) is 6.03. The molecule has 1 aromatic heterocycles. The summed E-state index contributed by atoms with van der Waals surface area (Å²) in [6.07, 6.45) is 0. The van der Waals surface area contributed by atoms with E-state index in [1.807, 2.05) is 25.2 Å². The summed E-state index contributed by atoms with van der Waals surface area (Å²) in [5.41, 5.74) is 1.40. The van der Waals surface area contributed by atoms with Gasteiger partial charge < -0.3 is 4.90 Å². The van der Waals surface area contributed by atoms with Crippen molar-refractivity contribution in [2.24, 2.45) is 0 Å². The maximum Gasteiger partial charge on any atom is 0.0329 e. The number of thiophene rings is 1. The van der Waals surface area contributed by atoms with Crippen LogP contribution in [-0.4, -0.2) is 43.0 Å². The number of piperazine rings is 1. The first kappa shape index (κ1) is 13.7. The minimum absolute atomic E-state index is 1.15. The van der Waals surface area contributed by atoms with E-state index in [1.165, 1.54) is 36.6 Å². The van der Waals surface area contributed by atoms with Crippen molar-refractivity contribution in [2.45, 2.75) is 27.3 Å². The fourth-order valence-corrected chi connectivity index (χ4v) is 2.72. The second-order valence-electron chi connectivity index (χ2n) is 4.17. The minimum Gasteiger partial charge on any atom is -0.304 e. The average Bonchev–Trinajstić information content (AvgIpc) is 2.70. The number of aryl methyl sites for hydroxylation is 1. The highest BCUT2D eigenvalue weighted by Gasteiger charge is 2.14. The van der Waals surface area contributed by atoms with Crippen LogP contribution in [0.2, 0.25) is 0 Å². The molecule has 1 saturated heterocycles. The van der Waals surface area contributed by atoms with Crippen LogP contribution in [0.25, 0.3) is 0 Å². The van der Waals surface area contributed by atoms with E-state index in [-0.39, 0.29) is 0 Å². The lowest BCUT2D eigenvalue weighted by atomic mass is 10.3. The molecule has 0 N–H and O–H groups in total. The predicted octanol–water partition coefficient (Wildman–Crippen LogP) is 2.83. The van der Waals surface area contributed by atoms with Crippen molar-refractivity contribution in [2.75, 3.05) is 33.2 Å². The first-order chi connectivity index (χ1) is 7.74. The van der Waals surface area contributed by atoms with Crippen LogP contribution in [0.4, 0.5) is 0 Å². The standard InChI is InChI=1S/C11H18N2S.C2H6/c1-10-7-11(14-9-10)8-13-5-3-12(2)4-6-13;1-2/h7,9H,3-6,8H2,1-2H3;1-2H3. The van der Waals surface area contributed by atoms with Crippen molar-refractivity contribution in [3.05, 3.63) is 21.9 Å². The second-order valence-corrected chi connectivity index (χ2v) is 5.17. The van der Waals surface area contributed by atoms with E-state index in [9.17, 15) is 0 Å². The maximum absolute atomic E-state index is 2.55. The fourth-order valence-electron chi connectivity index (χ4n) is 1.80. The van der Waals surface area contributed by atoms with Gasteiger partial charge in [-0.15, -0.1) is 11.3 Å². The van der Waals surface area contributed by atoms with Gasteiger partial charge >= 0.3 is 0 Å². The van der Waals surface area contributed by atoms with Crippen molar-refractivity contribution < 1.29 is 0 Å². The molecular formula is C13H24N2S. The largest absolute Gasteiger partial charge is 0.304 e. The van der Waals surface area contributed by atoms with Gasteiger partial charge in [-0.1, -0.05) is 13.8 Å². The normalized spacial score (nSPS) is 18.0. The van der Waals surface area contributed by atoms with Gasteiger partial charge in [0.25, 0.3) is 0 Å². The molecule has 1 aliphatic rings. The molecule has 92 valence electrons. The maximum atomic E-state index is 2.55. The number of hydrogen-bond acceptors (Lipinski definition) is 3. The molecule has 0 aromatic carbocycles. The second kappa shape index (κ2) is 7.05. The molecule has 2 rings (SSSR count). The summed E-state index contributed by atoms with van der Waals surface area (Å²) in [4.78, 5) is 6.45. The first-order valence-corrected chi connectivity index (χ1v) is 7.07. The Balaban J connectivity index is 0.000000606. The predicted molar refractivity (Wildman–Crippen MR) is 73.2 cm³/mol. The zero-order valence-electron chi connectivity index (χ0n) is 11.0. The van der Waals surface area contributed by atoms with E-state index >= 15 is 0 Å². The van der Waals surface area contributed by atoms with Crippen molar-refractivity contribution in [3.63, 3.8) is 0 Å². The summed E-state index contributed by atoms with van der Waals surface area (Å²) in [5, 5.41) is 2.24. The van der Waals surface area contributed by atoms with Crippen LogP contribution in [-0.2, 0) is 6.54 Å². The van der Waals surface area contributed by atoms with Crippen molar-refractivity contribution in [1.82, 2.24) is 9.80 Å². The van der Waals surface area contributed by atoms with E-state index in [4.69, 9.17) is 0 Å². The van der Waals surface area contributed by atoms with Gasteiger partial charge in [-0.2, -0.15) is 0 Å². The lowest BCUT2D eigenvalue weighted by Gasteiger charge is -2.31. The molecule has 3 heteroatoms. The molecule has 0 bridgehead atoms. The van der Waals surface area contributed by atoms with Crippen LogP contribution in [0.5, 0.6) is 0 Å². The SMILES string of the molecule is CC.Cc1csc(CN2CCN(C)CC2)c1. The lowest BCUT2D eigenvalue weighted by Crippen LogP contribution is -2.43. The monoisotopic (exact) mass is 240 g/mol. The van der Waals surface area contributed by atoms with Gasteiger partial charge in [0, 0.05) is 37.6 Å². The van der Waals surface area contributed by atoms with E-state index < -0.39 is 0 Å². The third-order valence-electron chi connectivity index (χ3n) is 2.76. The fraction of sp³-hybridized carbons (Fsp3) is 0.692. The Morgan fingerprint density at radius 3 is 2.31 bits per heavy atom. The van der Waals surface area contributed by atoms with Gasteiger partial charge in [-0.3, -0.25) is 4.90 Å². The molecular weight excluding hydrogens is 216 g/mol. The summed E-state index contributed by atoms with van der Waals surface area (Å²) in [7, 11) is 2.20. The van der Waals surface area contributed by atoms with Crippen molar-refractivity contribution in [1.29, 1.82) is 0 Å². The summed E-state index contributed by atoms with van der Waals surface area (Å²) < 4.78 is 0. The number of likely N-dealkylation sites (N-methyl/N-ethyl adjacent to an activating group) is 1. The van der Waals surface area contributed by atoms with Gasteiger partial charge in [0.1, 0.15) is 0 Å². The topological polar surface area (TPSA) is 6.48 Å². The molecule has 0 saturated carbocycles. The highest BCUT2D eigenvalue weighted by atomic mass is 32.1. The zero-order valence-corrected chi connectivity index (χ0v) is 11.8. The molecule has 1 aromatic rings. The van der Waals surface area contributed by atoms with Crippen LogP contribution in [0.15, 0.2) is 11.4 Å². The highest BCUT2D eigenvalue weighted by molar-refractivity contribution is 7.10. The molecule has 0 spiro atoms. The molecule has 2 nitrogen and oxygen atoms in total. The van der Waals surface area contributed by atoms with Crippen molar-refractivity contribution >= 4 is 11.3 Å². The number of rotatable bonds is 2. The Bertz CT molecular complexity index is 288. The smallest absolute Gasteiger partial charge is 0.0329 e. The first-order valence-electron chi connectivity index (χ1n) is 6.19. The Labute approximate surface area is 104 Å². The number of nitrogens with zero attached hydrogens (tertiary/aromatic N) is 2. The van der Waals surface area contributed by atoms with E-state index in [0.717, 1.165) is 6.54 Å². The molecule has 16 heavy (non-hydrogen) atoms. The molecule has 0 atom stereocenters. The molecule has 2 heterocycles. The van der Waals surface area contributed by atoms with E-state index in [1.54, 1.807) is 0 Å². The Morgan fingerprint density at radius 2 is 1.81 bits per heavy atom. The average molecular weight is 240 g/mol. The molecule has 0 aliphatic carbocycles. The molecule has 1 fully saturated rings. The van der Waals surface area contributed by atoms with Gasteiger partial charge in [0.2, 0.25) is 0 Å². The van der Waals surface area contributed by atoms with Gasteiger partial charge in [-0.05, 0) is 31.0 Å². The molecule has 0 radical (unpaired) electrons. The molecule has 0 unspecified atom stereocenters. The molecule has 1 aliphatic heterocycles. The minimum atomic E-state index is 1.15. The van der Waals surface area contributed by atoms with Crippen LogP contribution < -0.4 is 0 Å². The third-order valence-corrected chi connectivity index (χ3v) is 3.80. The van der Waals surface area contributed by atoms with Crippen LogP contribution >= 0.6 is 11.3 Å². The highest BCUT2D eigenvalue weighted by Crippen LogP contribution is 2.16. The van der Waals surface area contributed by atoms with Crippen LogP contribution in [0.3, 0.4) is 0 Å². The van der Waals surface area contributed by atoms with Crippen LogP contribution in [0.1, 0.15) is 24.3 Å². The van der Waals surface area contributed by atoms with Crippen LogP contribution in [0, 0.1) is 6.92 Å². The quantitative estimate of drug-likeness (QED) is 0.784. The summed E-state index contributed by atoms with van der Waals surface area (Å²) in [5.74, 6) is 0.